The van der Waals surface area contributed by atoms with Gasteiger partial charge in [-0.1, -0.05) is 0 Å². The summed E-state index contributed by atoms with van der Waals surface area (Å²) < 4.78 is 0. The van der Waals surface area contributed by atoms with Gasteiger partial charge in [-0.05, 0) is 37.2 Å². The Labute approximate surface area is 83.4 Å². The van der Waals surface area contributed by atoms with Gasteiger partial charge in [0.25, 0.3) is 0 Å². The fourth-order valence-corrected chi connectivity index (χ4v) is 4.65. The fourth-order valence-electron chi connectivity index (χ4n) is 1.90. The third-order valence-electron chi connectivity index (χ3n) is 2.60. The van der Waals surface area contributed by atoms with Crippen molar-refractivity contribution in [1.29, 1.82) is 0 Å². The lowest BCUT2D eigenvalue weighted by atomic mass is 10.1. The van der Waals surface area contributed by atoms with Crippen LogP contribution in [0.25, 0.3) is 0 Å². The van der Waals surface area contributed by atoms with Crippen LogP contribution in [0.2, 0.25) is 0 Å². The van der Waals surface area contributed by atoms with Crippen molar-refractivity contribution in [2.24, 2.45) is 5.92 Å². The Balaban J connectivity index is 1.83. The summed E-state index contributed by atoms with van der Waals surface area (Å²) in [5, 5.41) is 4.44. The Bertz CT molecular complexity index is 143. The van der Waals surface area contributed by atoms with Gasteiger partial charge in [-0.15, -0.1) is 11.8 Å². The molecule has 2 heterocycles. The fraction of sp³-hybridized carbons (Fsp3) is 1.00. The molecule has 1 nitrogen and oxygen atoms in total. The van der Waals surface area contributed by atoms with Crippen molar-refractivity contribution < 1.29 is 0 Å². The maximum Gasteiger partial charge on any atom is 0.0571 e. The molecule has 0 spiro atoms. The molecule has 0 radical (unpaired) electrons. The first-order valence-corrected chi connectivity index (χ1v) is 7.02. The predicted molar refractivity (Wildman–Crippen MR) is 58.9 cm³/mol. The summed E-state index contributed by atoms with van der Waals surface area (Å²) in [6.45, 7) is 2.29. The van der Waals surface area contributed by atoms with E-state index in [1.807, 2.05) is 0 Å². The molecule has 2 rings (SSSR count). The summed E-state index contributed by atoms with van der Waals surface area (Å²) in [5.41, 5.74) is 0. The average Bonchev–Trinajstić information content (AvgIpc) is 2.54. The lowest BCUT2D eigenvalue weighted by Crippen LogP contribution is -2.35. The Kier molecular flexibility index (Phi) is 3.27. The van der Waals surface area contributed by atoms with Crippen LogP contribution in [-0.2, 0) is 0 Å². The molecule has 2 saturated heterocycles. The molecule has 2 fully saturated rings. The van der Waals surface area contributed by atoms with Gasteiger partial charge < -0.3 is 5.32 Å². The number of hydrogen-bond acceptors (Lipinski definition) is 3. The molecule has 12 heavy (non-hydrogen) atoms. The first-order chi connectivity index (χ1) is 5.86. The predicted octanol–water partition coefficient (Wildman–Crippen LogP) is 2.18. The summed E-state index contributed by atoms with van der Waals surface area (Å²) in [5.74, 6) is 5.03. The van der Waals surface area contributed by atoms with Crippen molar-refractivity contribution in [2.45, 2.75) is 31.2 Å². The van der Waals surface area contributed by atoms with E-state index < -0.39 is 0 Å². The summed E-state index contributed by atoms with van der Waals surface area (Å²) in [6, 6.07) is 0.743. The van der Waals surface area contributed by atoms with Gasteiger partial charge in [0.1, 0.15) is 0 Å². The molecule has 0 saturated carbocycles. The second kappa shape index (κ2) is 4.25. The van der Waals surface area contributed by atoms with Gasteiger partial charge in [-0.3, -0.25) is 0 Å². The van der Waals surface area contributed by atoms with Gasteiger partial charge >= 0.3 is 0 Å². The minimum atomic E-state index is 0.743. The van der Waals surface area contributed by atoms with Crippen molar-refractivity contribution in [3.63, 3.8) is 0 Å². The van der Waals surface area contributed by atoms with Gasteiger partial charge in [0.2, 0.25) is 0 Å². The zero-order chi connectivity index (χ0) is 8.39. The van der Waals surface area contributed by atoms with Crippen LogP contribution < -0.4 is 5.32 Å². The van der Waals surface area contributed by atoms with Crippen LogP contribution in [0.3, 0.4) is 0 Å². The molecular formula is C9H17NS2. The van der Waals surface area contributed by atoms with Gasteiger partial charge in [0.05, 0.1) is 5.37 Å². The molecule has 0 amide bonds. The van der Waals surface area contributed by atoms with E-state index in [4.69, 9.17) is 0 Å². The zero-order valence-corrected chi connectivity index (χ0v) is 9.22. The third kappa shape index (κ3) is 2.12. The lowest BCUT2D eigenvalue weighted by Gasteiger charge is -2.26. The lowest BCUT2D eigenvalue weighted by molar-refractivity contribution is 0.439. The maximum atomic E-state index is 3.67. The summed E-state index contributed by atoms with van der Waals surface area (Å²) in [7, 11) is 0. The van der Waals surface area contributed by atoms with Crippen LogP contribution >= 0.6 is 23.5 Å². The normalized spacial score (nSPS) is 43.2. The van der Waals surface area contributed by atoms with Gasteiger partial charge in [0, 0.05) is 11.8 Å². The Morgan fingerprint density at radius 1 is 1.33 bits per heavy atom. The standard InChI is InChI=1S/C9H17NS2/c1-7-5-12-9(10-7)8-3-2-4-11-6-8/h7-10H,2-6H2,1H3. The molecule has 2 aliphatic rings. The van der Waals surface area contributed by atoms with Crippen LogP contribution in [-0.4, -0.2) is 28.7 Å². The maximum absolute atomic E-state index is 3.67. The highest BCUT2D eigenvalue weighted by atomic mass is 32.2. The van der Waals surface area contributed by atoms with E-state index in [9.17, 15) is 0 Å². The van der Waals surface area contributed by atoms with Crippen molar-refractivity contribution in [3.05, 3.63) is 0 Å². The van der Waals surface area contributed by atoms with E-state index >= 15 is 0 Å². The molecule has 0 aliphatic carbocycles. The summed E-state index contributed by atoms with van der Waals surface area (Å²) >= 11 is 4.27. The van der Waals surface area contributed by atoms with Gasteiger partial charge in [-0.2, -0.15) is 11.8 Å². The van der Waals surface area contributed by atoms with Crippen molar-refractivity contribution in [3.8, 4) is 0 Å². The molecule has 2 aliphatic heterocycles. The highest BCUT2D eigenvalue weighted by molar-refractivity contribution is 8.00. The monoisotopic (exact) mass is 203 g/mol. The van der Waals surface area contributed by atoms with E-state index in [-0.39, 0.29) is 0 Å². The highest BCUT2D eigenvalue weighted by Crippen LogP contribution is 2.33. The summed E-state index contributed by atoms with van der Waals surface area (Å²) in [4.78, 5) is 0. The van der Waals surface area contributed by atoms with Gasteiger partial charge in [-0.25, -0.2) is 0 Å². The largest absolute Gasteiger partial charge is 0.302 e. The molecule has 0 aromatic heterocycles. The van der Waals surface area contributed by atoms with Gasteiger partial charge in [0.15, 0.2) is 0 Å². The first-order valence-electron chi connectivity index (χ1n) is 4.81. The summed E-state index contributed by atoms with van der Waals surface area (Å²) in [6.07, 6.45) is 2.88. The third-order valence-corrected chi connectivity index (χ3v) is 5.41. The molecule has 1 N–H and O–H groups in total. The van der Waals surface area contributed by atoms with Crippen molar-refractivity contribution >= 4 is 23.5 Å². The van der Waals surface area contributed by atoms with E-state index in [1.165, 1.54) is 30.1 Å². The average molecular weight is 203 g/mol. The number of hydrogen-bond donors (Lipinski definition) is 1. The molecule has 0 aromatic rings. The zero-order valence-electron chi connectivity index (χ0n) is 7.58. The van der Waals surface area contributed by atoms with Crippen LogP contribution in [0.4, 0.5) is 0 Å². The Morgan fingerprint density at radius 2 is 2.25 bits per heavy atom. The smallest absolute Gasteiger partial charge is 0.0571 e. The number of rotatable bonds is 1. The second-order valence-electron chi connectivity index (χ2n) is 3.80. The molecule has 0 aromatic carbocycles. The Hall–Kier alpha value is 0.660. The van der Waals surface area contributed by atoms with Crippen LogP contribution in [0.15, 0.2) is 0 Å². The molecule has 3 atom stereocenters. The second-order valence-corrected chi connectivity index (χ2v) is 6.12. The van der Waals surface area contributed by atoms with Crippen molar-refractivity contribution in [1.82, 2.24) is 5.32 Å². The molecule has 3 heteroatoms. The SMILES string of the molecule is CC1CSC(C2CCCSC2)N1. The quantitative estimate of drug-likeness (QED) is 0.701. The Morgan fingerprint density at radius 3 is 2.83 bits per heavy atom. The van der Waals surface area contributed by atoms with Crippen LogP contribution in [0, 0.1) is 5.92 Å². The minimum absolute atomic E-state index is 0.743. The highest BCUT2D eigenvalue weighted by Gasteiger charge is 2.29. The molecule has 0 bridgehead atoms. The van der Waals surface area contributed by atoms with Crippen LogP contribution in [0.1, 0.15) is 19.8 Å². The number of thioether (sulfide) groups is 2. The van der Waals surface area contributed by atoms with E-state index in [2.05, 4.69) is 35.8 Å². The van der Waals surface area contributed by atoms with Crippen LogP contribution in [0.5, 0.6) is 0 Å². The van der Waals surface area contributed by atoms with Crippen molar-refractivity contribution in [2.75, 3.05) is 17.3 Å². The van der Waals surface area contributed by atoms with E-state index in [1.54, 1.807) is 0 Å². The molecular weight excluding hydrogens is 186 g/mol. The topological polar surface area (TPSA) is 12.0 Å². The minimum Gasteiger partial charge on any atom is -0.302 e. The van der Waals surface area contributed by atoms with E-state index in [0.717, 1.165) is 17.3 Å². The first kappa shape index (κ1) is 9.22. The molecule has 70 valence electrons. The van der Waals surface area contributed by atoms with E-state index in [0.29, 0.717) is 0 Å². The molecule has 3 unspecified atom stereocenters. The number of nitrogens with one attached hydrogen (secondary N) is 1.